The number of hydrogen-bond donors (Lipinski definition) is 6. The van der Waals surface area contributed by atoms with Crippen LogP contribution >= 0.6 is 0 Å². The van der Waals surface area contributed by atoms with Gasteiger partial charge in [-0.05, 0) is 71.3 Å². The maximum atomic E-state index is 12.4. The van der Waals surface area contributed by atoms with E-state index in [0.29, 0.717) is 5.56 Å². The first-order valence-electron chi connectivity index (χ1n) is 11.9. The molecule has 0 aliphatic heterocycles. The Labute approximate surface area is 238 Å². The van der Waals surface area contributed by atoms with Crippen LogP contribution in [0.25, 0.3) is 34.9 Å². The first kappa shape index (κ1) is 30.6. The van der Waals surface area contributed by atoms with Crippen LogP contribution in [0.3, 0.4) is 0 Å². The molecule has 0 aromatic heterocycles. The van der Waals surface area contributed by atoms with Crippen LogP contribution in [0.5, 0.6) is 34.5 Å². The summed E-state index contributed by atoms with van der Waals surface area (Å²) in [5, 5.41) is 60.6. The number of carbonyl (C=O) groups is 3. The largest absolute Gasteiger partial charge is 0.504 e. The van der Waals surface area contributed by atoms with E-state index in [1.807, 2.05) is 0 Å². The first-order valence-corrected chi connectivity index (χ1v) is 11.9. The van der Waals surface area contributed by atoms with Crippen molar-refractivity contribution in [3.05, 3.63) is 70.8 Å². The molecule has 0 amide bonds. The van der Waals surface area contributed by atoms with Gasteiger partial charge in [-0.2, -0.15) is 0 Å². The summed E-state index contributed by atoms with van der Waals surface area (Å²) in [5.41, 5.74) is 0.0177. The maximum Gasteiger partial charge on any atom is 0.336 e. The summed E-state index contributed by atoms with van der Waals surface area (Å²) in [7, 11) is 3.78. The monoisotopic (exact) mass is 578 g/mol. The summed E-state index contributed by atoms with van der Waals surface area (Å²) in [6.07, 6.45) is 5.30. The highest BCUT2D eigenvalue weighted by Gasteiger charge is 2.22. The molecule has 3 aromatic carbocycles. The van der Waals surface area contributed by atoms with Crippen molar-refractivity contribution in [2.75, 3.05) is 21.3 Å². The zero-order valence-corrected chi connectivity index (χ0v) is 22.5. The molecule has 0 bridgehead atoms. The number of aromatic hydroxyl groups is 3. The van der Waals surface area contributed by atoms with E-state index in [1.54, 1.807) is 0 Å². The van der Waals surface area contributed by atoms with Gasteiger partial charge in [-0.1, -0.05) is 0 Å². The van der Waals surface area contributed by atoms with Crippen molar-refractivity contribution in [2.24, 2.45) is 0 Å². The molecule has 6 N–H and O–H groups in total. The molecule has 3 aromatic rings. The van der Waals surface area contributed by atoms with E-state index in [2.05, 4.69) is 0 Å². The third-order valence-electron chi connectivity index (χ3n) is 5.91. The Kier molecular flexibility index (Phi) is 9.45. The number of benzene rings is 3. The van der Waals surface area contributed by atoms with Crippen molar-refractivity contribution in [1.29, 1.82) is 0 Å². The van der Waals surface area contributed by atoms with Gasteiger partial charge in [-0.15, -0.1) is 0 Å². The zero-order valence-electron chi connectivity index (χ0n) is 22.5. The Morgan fingerprint density at radius 3 is 1.43 bits per heavy atom. The maximum absolute atomic E-state index is 12.4. The number of phenolic OH excluding ortho intramolecular Hbond substituents is 3. The van der Waals surface area contributed by atoms with Gasteiger partial charge in [0.05, 0.1) is 26.9 Å². The van der Waals surface area contributed by atoms with Gasteiger partial charge in [0.15, 0.2) is 34.5 Å². The van der Waals surface area contributed by atoms with Crippen molar-refractivity contribution in [1.82, 2.24) is 0 Å². The van der Waals surface area contributed by atoms with Crippen LogP contribution in [0.1, 0.15) is 22.3 Å². The highest BCUT2D eigenvalue weighted by Crippen LogP contribution is 2.46. The minimum absolute atomic E-state index is 0.00707. The molecule has 12 heteroatoms. The minimum atomic E-state index is -1.47. The molecule has 0 saturated heterocycles. The molecule has 0 spiro atoms. The topological polar surface area (TPSA) is 200 Å². The smallest absolute Gasteiger partial charge is 0.336 e. The lowest BCUT2D eigenvalue weighted by molar-refractivity contribution is -0.132. The van der Waals surface area contributed by atoms with Gasteiger partial charge in [0, 0.05) is 28.8 Å². The number of methoxy groups -OCH3 is 3. The summed E-state index contributed by atoms with van der Waals surface area (Å²) in [4.78, 5) is 34.4. The fraction of sp³-hybridized carbons (Fsp3) is 0.100. The number of aliphatic carboxylic acids is 3. The average molecular weight is 579 g/mol. The predicted molar refractivity (Wildman–Crippen MR) is 152 cm³/mol. The van der Waals surface area contributed by atoms with Crippen LogP contribution in [0, 0.1) is 0 Å². The summed E-state index contributed by atoms with van der Waals surface area (Å²) in [6.45, 7) is 0. The Balaban J connectivity index is 2.32. The summed E-state index contributed by atoms with van der Waals surface area (Å²) >= 11 is 0. The van der Waals surface area contributed by atoms with Crippen LogP contribution in [0.4, 0.5) is 0 Å². The molecular weight excluding hydrogens is 552 g/mol. The van der Waals surface area contributed by atoms with Crippen molar-refractivity contribution in [3.8, 4) is 45.6 Å². The number of ether oxygens (including phenoxy) is 3. The van der Waals surface area contributed by atoms with E-state index in [4.69, 9.17) is 24.4 Å². The Morgan fingerprint density at radius 2 is 1.00 bits per heavy atom. The van der Waals surface area contributed by atoms with Crippen LogP contribution in [0.15, 0.2) is 48.6 Å². The Bertz CT molecular complexity index is 1650. The lowest BCUT2D eigenvalue weighted by Crippen LogP contribution is -2.02. The van der Waals surface area contributed by atoms with Gasteiger partial charge >= 0.3 is 17.9 Å². The highest BCUT2D eigenvalue weighted by molar-refractivity contribution is 6.21. The Morgan fingerprint density at radius 1 is 0.595 bits per heavy atom. The van der Waals surface area contributed by atoms with E-state index in [-0.39, 0.29) is 45.1 Å². The van der Waals surface area contributed by atoms with Crippen molar-refractivity contribution in [3.63, 3.8) is 0 Å². The van der Waals surface area contributed by atoms with Gasteiger partial charge in [0.1, 0.15) is 0 Å². The fourth-order valence-electron chi connectivity index (χ4n) is 4.00. The second kappa shape index (κ2) is 13.0. The summed E-state index contributed by atoms with van der Waals surface area (Å²) < 4.78 is 15.6. The molecule has 218 valence electrons. The summed E-state index contributed by atoms with van der Waals surface area (Å²) in [6, 6.07) is 7.98. The second-order valence-electron chi connectivity index (χ2n) is 8.56. The standard InChI is InChI=1S/C30H26O12/c1-40-22-12-15(4-6-25(31)32)8-18(27(22)35)19-10-17(14-24(42-3)28(19)36)11-21(30(38)39)20-9-16(5-7-26(33)34)13-23(41-2)29(20)37/h4-14,35-37H,1-3H3,(H,31,32)(H,33,34)(H,38,39)/b6-4+,7-5-,21-11+. The number of phenols is 3. The summed E-state index contributed by atoms with van der Waals surface area (Å²) in [5.74, 6) is -5.53. The van der Waals surface area contributed by atoms with Gasteiger partial charge < -0.3 is 44.8 Å². The lowest BCUT2D eigenvalue weighted by Gasteiger charge is -2.16. The second-order valence-corrected chi connectivity index (χ2v) is 8.56. The normalized spacial score (nSPS) is 11.5. The fourth-order valence-corrected chi connectivity index (χ4v) is 4.00. The molecule has 0 unspecified atom stereocenters. The predicted octanol–water partition coefficient (Wildman–Crippen LogP) is 4.32. The molecule has 0 aliphatic carbocycles. The molecule has 0 saturated carbocycles. The quantitative estimate of drug-likeness (QED) is 0.139. The zero-order chi connectivity index (χ0) is 31.1. The van der Waals surface area contributed by atoms with E-state index < -0.39 is 40.7 Å². The van der Waals surface area contributed by atoms with Gasteiger partial charge in [-0.3, -0.25) is 0 Å². The molecule has 0 fully saturated rings. The highest BCUT2D eigenvalue weighted by atomic mass is 16.5. The van der Waals surface area contributed by atoms with Gasteiger partial charge in [-0.25, -0.2) is 14.4 Å². The number of carboxylic acid groups (broad SMARTS) is 3. The van der Waals surface area contributed by atoms with Crippen LogP contribution in [0.2, 0.25) is 0 Å². The number of rotatable bonds is 11. The van der Waals surface area contributed by atoms with Crippen molar-refractivity contribution < 1.29 is 59.2 Å². The van der Waals surface area contributed by atoms with E-state index in [9.17, 15) is 34.8 Å². The van der Waals surface area contributed by atoms with Crippen LogP contribution < -0.4 is 14.2 Å². The SMILES string of the molecule is COc1cc(/C=C\C(=O)O)cc(/C(=C\c2cc(OC)c(O)c(-c3cc(/C=C/C(=O)O)cc(OC)c3O)c2)C(=O)O)c1O. The molecule has 0 radical (unpaired) electrons. The van der Waals surface area contributed by atoms with Gasteiger partial charge in [0.2, 0.25) is 0 Å². The van der Waals surface area contributed by atoms with E-state index in [0.717, 1.165) is 18.2 Å². The molecule has 42 heavy (non-hydrogen) atoms. The first-order chi connectivity index (χ1) is 19.9. The average Bonchev–Trinajstić information content (AvgIpc) is 2.95. The van der Waals surface area contributed by atoms with Crippen LogP contribution in [-0.2, 0) is 14.4 Å². The molecule has 12 nitrogen and oxygen atoms in total. The molecule has 0 heterocycles. The third-order valence-corrected chi connectivity index (χ3v) is 5.91. The van der Waals surface area contributed by atoms with Crippen molar-refractivity contribution in [2.45, 2.75) is 0 Å². The van der Waals surface area contributed by atoms with Crippen LogP contribution in [-0.4, -0.2) is 69.9 Å². The van der Waals surface area contributed by atoms with Gasteiger partial charge in [0.25, 0.3) is 0 Å². The Hall–Kier alpha value is -5.91. The number of hydrogen-bond acceptors (Lipinski definition) is 9. The van der Waals surface area contributed by atoms with E-state index >= 15 is 0 Å². The molecule has 3 rings (SSSR count). The van der Waals surface area contributed by atoms with Crippen molar-refractivity contribution >= 4 is 41.7 Å². The molecular formula is C30H26O12. The minimum Gasteiger partial charge on any atom is -0.504 e. The lowest BCUT2D eigenvalue weighted by atomic mass is 9.95. The molecule has 0 aliphatic rings. The third kappa shape index (κ3) is 6.80. The molecule has 0 atom stereocenters. The number of carboxylic acids is 3. The van der Waals surface area contributed by atoms with E-state index in [1.165, 1.54) is 69.9 Å².